The summed E-state index contributed by atoms with van der Waals surface area (Å²) in [6, 6.07) is 5.98. The average molecular weight is 337 g/mol. The van der Waals surface area contributed by atoms with E-state index in [9.17, 15) is 4.55 Å². The minimum Gasteiger partial charge on any atom is -0.591 e. The number of nitrogens with zero attached hydrogens (tertiary/aromatic N) is 2. The molecule has 5 heteroatoms. The SMILES string of the molecule is COc1ccc(/C=N/[S+]([O-])C(C)(C)C)c(N2CCC(C)CC2)c1. The minimum atomic E-state index is -1.24. The zero-order valence-corrected chi connectivity index (χ0v) is 15.7. The number of ether oxygens (including phenoxy) is 1. The first-order chi connectivity index (χ1) is 10.8. The fourth-order valence-corrected chi connectivity index (χ4v) is 3.07. The van der Waals surface area contributed by atoms with E-state index < -0.39 is 11.4 Å². The van der Waals surface area contributed by atoms with E-state index in [-0.39, 0.29) is 4.75 Å². The quantitative estimate of drug-likeness (QED) is 0.620. The lowest BCUT2D eigenvalue weighted by atomic mass is 9.98. The highest BCUT2D eigenvalue weighted by Crippen LogP contribution is 2.29. The van der Waals surface area contributed by atoms with Gasteiger partial charge in [0.25, 0.3) is 0 Å². The minimum absolute atomic E-state index is 0.344. The van der Waals surface area contributed by atoms with Crippen molar-refractivity contribution < 1.29 is 9.29 Å². The van der Waals surface area contributed by atoms with Gasteiger partial charge in [0.15, 0.2) is 0 Å². The molecule has 0 amide bonds. The number of hydrogen-bond donors (Lipinski definition) is 0. The highest BCUT2D eigenvalue weighted by molar-refractivity contribution is 7.91. The molecule has 1 unspecified atom stereocenters. The first-order valence-corrected chi connectivity index (χ1v) is 9.31. The van der Waals surface area contributed by atoms with E-state index in [2.05, 4.69) is 22.3 Å². The van der Waals surface area contributed by atoms with Crippen LogP contribution >= 0.6 is 0 Å². The fourth-order valence-electron chi connectivity index (χ4n) is 2.55. The van der Waals surface area contributed by atoms with Crippen LogP contribution in [0.15, 0.2) is 22.6 Å². The second-order valence-corrected chi connectivity index (χ2v) is 9.12. The van der Waals surface area contributed by atoms with E-state index in [4.69, 9.17) is 4.74 Å². The molecule has 2 rings (SSSR count). The predicted octanol–water partition coefficient (Wildman–Crippen LogP) is 3.81. The molecule has 128 valence electrons. The fraction of sp³-hybridized carbons (Fsp3) is 0.611. The van der Waals surface area contributed by atoms with Gasteiger partial charge in [0, 0.05) is 30.4 Å². The van der Waals surface area contributed by atoms with Gasteiger partial charge in [-0.2, -0.15) is 0 Å². The number of piperidine rings is 1. The molecule has 0 N–H and O–H groups in total. The molecule has 4 nitrogen and oxygen atoms in total. The molecule has 0 aliphatic carbocycles. The van der Waals surface area contributed by atoms with Gasteiger partial charge in [0.05, 0.1) is 13.3 Å². The second kappa shape index (κ2) is 7.58. The van der Waals surface area contributed by atoms with Crippen molar-refractivity contribution in [2.45, 2.75) is 45.3 Å². The van der Waals surface area contributed by atoms with Crippen LogP contribution in [0.1, 0.15) is 46.1 Å². The molecule has 23 heavy (non-hydrogen) atoms. The van der Waals surface area contributed by atoms with Gasteiger partial charge in [-0.25, -0.2) is 0 Å². The van der Waals surface area contributed by atoms with Crippen molar-refractivity contribution in [1.82, 2.24) is 0 Å². The first-order valence-electron chi connectivity index (χ1n) is 8.20. The van der Waals surface area contributed by atoms with Crippen molar-refractivity contribution in [3.05, 3.63) is 23.8 Å². The molecule has 1 atom stereocenters. The lowest BCUT2D eigenvalue weighted by Crippen LogP contribution is -2.33. The number of anilines is 1. The normalized spacial score (nSPS) is 18.4. The average Bonchev–Trinajstić information content (AvgIpc) is 2.52. The van der Waals surface area contributed by atoms with E-state index in [0.717, 1.165) is 36.0 Å². The van der Waals surface area contributed by atoms with Crippen molar-refractivity contribution in [3.63, 3.8) is 0 Å². The maximum absolute atomic E-state index is 12.2. The van der Waals surface area contributed by atoms with Crippen molar-refractivity contribution in [3.8, 4) is 5.75 Å². The molecule has 1 aromatic rings. The summed E-state index contributed by atoms with van der Waals surface area (Å²) >= 11 is -1.24. The molecule has 1 fully saturated rings. The van der Waals surface area contributed by atoms with Crippen LogP contribution in [0.3, 0.4) is 0 Å². The predicted molar refractivity (Wildman–Crippen MR) is 99.1 cm³/mol. The Bertz CT molecular complexity index is 546. The second-order valence-electron chi connectivity index (χ2n) is 7.19. The molecule has 1 heterocycles. The van der Waals surface area contributed by atoms with E-state index in [1.54, 1.807) is 13.3 Å². The molecule has 1 aromatic carbocycles. The van der Waals surface area contributed by atoms with Crippen LogP contribution in [0.5, 0.6) is 5.75 Å². The molecule has 1 aliphatic rings. The third-order valence-corrected chi connectivity index (χ3v) is 5.52. The maximum atomic E-state index is 12.2. The van der Waals surface area contributed by atoms with Gasteiger partial charge in [-0.05, 0) is 51.7 Å². The Kier molecular flexibility index (Phi) is 5.98. The number of benzene rings is 1. The summed E-state index contributed by atoms with van der Waals surface area (Å²) in [6.45, 7) is 10.2. The van der Waals surface area contributed by atoms with E-state index in [1.165, 1.54) is 12.8 Å². The lowest BCUT2D eigenvalue weighted by molar-refractivity contribution is 0.413. The zero-order chi connectivity index (χ0) is 17.0. The summed E-state index contributed by atoms with van der Waals surface area (Å²) in [5.74, 6) is 1.62. The van der Waals surface area contributed by atoms with Gasteiger partial charge >= 0.3 is 0 Å². The van der Waals surface area contributed by atoms with Gasteiger partial charge in [-0.3, -0.25) is 0 Å². The van der Waals surface area contributed by atoms with Gasteiger partial charge in [-0.15, -0.1) is 0 Å². The largest absolute Gasteiger partial charge is 0.591 e. The number of methoxy groups -OCH3 is 1. The Hall–Kier alpha value is -1.20. The smallest absolute Gasteiger partial charge is 0.144 e. The molecule has 0 bridgehead atoms. The molecule has 0 aromatic heterocycles. The van der Waals surface area contributed by atoms with Crippen molar-refractivity contribution in [2.24, 2.45) is 10.3 Å². The Morgan fingerprint density at radius 2 is 1.96 bits per heavy atom. The van der Waals surface area contributed by atoms with Gasteiger partial charge in [0.2, 0.25) is 0 Å². The van der Waals surface area contributed by atoms with E-state index in [0.29, 0.717) is 0 Å². The number of rotatable bonds is 4. The molecule has 0 spiro atoms. The molecule has 0 radical (unpaired) electrons. The Morgan fingerprint density at radius 1 is 1.30 bits per heavy atom. The Labute approximate surface area is 143 Å². The molecular formula is C18H28N2O2S. The molecule has 0 saturated carbocycles. The highest BCUT2D eigenvalue weighted by Gasteiger charge is 2.26. The number of hydrogen-bond acceptors (Lipinski definition) is 4. The lowest BCUT2D eigenvalue weighted by Gasteiger charge is -2.33. The summed E-state index contributed by atoms with van der Waals surface area (Å²) in [5.41, 5.74) is 2.11. The maximum Gasteiger partial charge on any atom is 0.144 e. The molecular weight excluding hydrogens is 308 g/mol. The molecule has 1 saturated heterocycles. The topological polar surface area (TPSA) is 47.9 Å². The third kappa shape index (κ3) is 4.88. The van der Waals surface area contributed by atoms with Crippen molar-refractivity contribution in [1.29, 1.82) is 0 Å². The van der Waals surface area contributed by atoms with E-state index >= 15 is 0 Å². The zero-order valence-electron chi connectivity index (χ0n) is 14.8. The van der Waals surface area contributed by atoms with Crippen molar-refractivity contribution in [2.75, 3.05) is 25.1 Å². The van der Waals surface area contributed by atoms with Crippen LogP contribution in [0.4, 0.5) is 5.69 Å². The van der Waals surface area contributed by atoms with Crippen LogP contribution in [0, 0.1) is 5.92 Å². The van der Waals surface area contributed by atoms with Gasteiger partial charge in [0.1, 0.15) is 21.9 Å². The van der Waals surface area contributed by atoms with Crippen LogP contribution in [-0.2, 0) is 11.4 Å². The van der Waals surface area contributed by atoms with Crippen LogP contribution in [-0.4, -0.2) is 35.7 Å². The Morgan fingerprint density at radius 3 is 2.52 bits per heavy atom. The molecule has 1 aliphatic heterocycles. The summed E-state index contributed by atoms with van der Waals surface area (Å²) < 4.78 is 21.5. The summed E-state index contributed by atoms with van der Waals surface area (Å²) in [7, 11) is 1.68. The standard InChI is InChI=1S/C18H28N2O2S/c1-14-8-10-20(11-9-14)17-12-16(22-5)7-6-15(17)13-19-23(21)18(2,3)4/h6-7,12-14H,8-11H2,1-5H3/b19-13+. The van der Waals surface area contributed by atoms with Gasteiger partial charge < -0.3 is 14.2 Å². The first kappa shape index (κ1) is 18.1. The van der Waals surface area contributed by atoms with Crippen LogP contribution < -0.4 is 9.64 Å². The van der Waals surface area contributed by atoms with Gasteiger partial charge in [-0.1, -0.05) is 11.3 Å². The summed E-state index contributed by atoms with van der Waals surface area (Å²) in [6.07, 6.45) is 4.14. The van der Waals surface area contributed by atoms with Crippen LogP contribution in [0.2, 0.25) is 0 Å². The highest BCUT2D eigenvalue weighted by atomic mass is 32.2. The van der Waals surface area contributed by atoms with Crippen molar-refractivity contribution >= 4 is 23.3 Å². The van der Waals surface area contributed by atoms with E-state index in [1.807, 2.05) is 32.9 Å². The third-order valence-electron chi connectivity index (χ3n) is 4.17. The van der Waals surface area contributed by atoms with Crippen LogP contribution in [0.25, 0.3) is 0 Å². The summed E-state index contributed by atoms with van der Waals surface area (Å²) in [5, 5.41) is 0. The monoisotopic (exact) mass is 336 g/mol. The summed E-state index contributed by atoms with van der Waals surface area (Å²) in [4.78, 5) is 2.38. The Balaban J connectivity index is 2.26.